The van der Waals surface area contributed by atoms with Crippen LogP contribution in [0.4, 0.5) is 0 Å². The molecule has 1 aromatic carbocycles. The molecule has 4 nitrogen and oxygen atoms in total. The summed E-state index contributed by atoms with van der Waals surface area (Å²) in [6.07, 6.45) is 6.50. The van der Waals surface area contributed by atoms with E-state index in [4.69, 9.17) is 4.52 Å². The smallest absolute Gasteiger partial charge is 0.136 e. The number of hydrogen-bond acceptors (Lipinski definition) is 3. The first-order valence-electron chi connectivity index (χ1n) is 6.01. The van der Waals surface area contributed by atoms with Crippen molar-refractivity contribution in [1.82, 2.24) is 10.1 Å². The van der Waals surface area contributed by atoms with E-state index < -0.39 is 0 Å². The fraction of sp³-hybridized carbons (Fsp3) is 0.214. The van der Waals surface area contributed by atoms with Gasteiger partial charge in [-0.25, -0.2) is 0 Å². The molecule has 0 atom stereocenters. The number of aromatic nitrogens is 2. The van der Waals surface area contributed by atoms with E-state index in [0.717, 1.165) is 35.9 Å². The largest absolute Gasteiger partial charge is 0.508 e. The molecule has 0 spiro atoms. The molecule has 0 unspecified atom stereocenters. The Morgan fingerprint density at radius 2 is 2.17 bits per heavy atom. The average molecular weight is 242 g/mol. The van der Waals surface area contributed by atoms with E-state index in [1.54, 1.807) is 18.3 Å². The first kappa shape index (κ1) is 10.9. The van der Waals surface area contributed by atoms with E-state index in [-0.39, 0.29) is 0 Å². The summed E-state index contributed by atoms with van der Waals surface area (Å²) in [5.74, 6) is 1.22. The minimum Gasteiger partial charge on any atom is -0.508 e. The van der Waals surface area contributed by atoms with Crippen molar-refractivity contribution in [1.29, 1.82) is 0 Å². The van der Waals surface area contributed by atoms with Crippen molar-refractivity contribution in [2.75, 3.05) is 0 Å². The Hall–Kier alpha value is -2.23. The number of hydrogen-bond donors (Lipinski definition) is 2. The van der Waals surface area contributed by atoms with Crippen LogP contribution < -0.4 is 0 Å². The maximum Gasteiger partial charge on any atom is 0.136 e. The standard InChI is InChI=1S/C14H14N2O2/c17-11-4-5-14-13(8-11)10(9-15-14)2-1-3-12-6-7-16-18-12/h4-9,15,17H,1-3H2. The molecule has 0 amide bonds. The number of nitrogens with zero attached hydrogens (tertiary/aromatic N) is 1. The van der Waals surface area contributed by atoms with Gasteiger partial charge in [-0.05, 0) is 36.6 Å². The molecule has 3 rings (SSSR count). The summed E-state index contributed by atoms with van der Waals surface area (Å²) >= 11 is 0. The van der Waals surface area contributed by atoms with Crippen molar-refractivity contribution >= 4 is 10.9 Å². The highest BCUT2D eigenvalue weighted by atomic mass is 16.5. The number of aryl methyl sites for hydroxylation is 2. The second-order valence-corrected chi connectivity index (χ2v) is 4.38. The summed E-state index contributed by atoms with van der Waals surface area (Å²) in [7, 11) is 0. The highest BCUT2D eigenvalue weighted by molar-refractivity contribution is 5.84. The molecule has 2 N–H and O–H groups in total. The molecule has 0 saturated heterocycles. The Labute approximate surface area is 104 Å². The molecule has 0 aliphatic rings. The van der Waals surface area contributed by atoms with Gasteiger partial charge in [-0.1, -0.05) is 5.16 Å². The number of aromatic amines is 1. The predicted molar refractivity (Wildman–Crippen MR) is 68.5 cm³/mol. The van der Waals surface area contributed by atoms with E-state index in [0.29, 0.717) is 5.75 Å². The minimum absolute atomic E-state index is 0.304. The SMILES string of the molecule is Oc1ccc2[nH]cc(CCCc3ccno3)c2c1. The molecule has 2 heterocycles. The Balaban J connectivity index is 1.72. The second-order valence-electron chi connectivity index (χ2n) is 4.38. The zero-order valence-electron chi connectivity index (χ0n) is 9.89. The third-order valence-corrected chi connectivity index (χ3v) is 3.11. The molecular formula is C14H14N2O2. The first-order valence-corrected chi connectivity index (χ1v) is 6.01. The second kappa shape index (κ2) is 4.56. The van der Waals surface area contributed by atoms with Gasteiger partial charge in [-0.3, -0.25) is 0 Å². The van der Waals surface area contributed by atoms with Gasteiger partial charge in [0.1, 0.15) is 11.5 Å². The number of rotatable bonds is 4. The van der Waals surface area contributed by atoms with Crippen LogP contribution in [0.3, 0.4) is 0 Å². The van der Waals surface area contributed by atoms with Crippen LogP contribution in [0.25, 0.3) is 10.9 Å². The lowest BCUT2D eigenvalue weighted by molar-refractivity contribution is 0.380. The van der Waals surface area contributed by atoms with E-state index in [9.17, 15) is 5.11 Å². The van der Waals surface area contributed by atoms with Crippen molar-refractivity contribution in [2.24, 2.45) is 0 Å². The molecule has 92 valence electrons. The minimum atomic E-state index is 0.304. The van der Waals surface area contributed by atoms with Crippen LogP contribution >= 0.6 is 0 Å². The Bertz CT molecular complexity index is 641. The van der Waals surface area contributed by atoms with Gasteiger partial charge in [-0.15, -0.1) is 0 Å². The first-order chi connectivity index (χ1) is 8.83. The van der Waals surface area contributed by atoms with Gasteiger partial charge >= 0.3 is 0 Å². The zero-order chi connectivity index (χ0) is 12.4. The van der Waals surface area contributed by atoms with Crippen LogP contribution in [0.5, 0.6) is 5.75 Å². The molecule has 18 heavy (non-hydrogen) atoms. The Morgan fingerprint density at radius 1 is 1.22 bits per heavy atom. The summed E-state index contributed by atoms with van der Waals surface area (Å²) in [6.45, 7) is 0. The molecule has 0 aliphatic heterocycles. The van der Waals surface area contributed by atoms with Gasteiger partial charge in [0.15, 0.2) is 0 Å². The van der Waals surface area contributed by atoms with Gasteiger partial charge < -0.3 is 14.6 Å². The maximum atomic E-state index is 9.51. The van der Waals surface area contributed by atoms with Gasteiger partial charge in [0.05, 0.1) is 6.20 Å². The molecule has 0 saturated carbocycles. The lowest BCUT2D eigenvalue weighted by atomic mass is 10.1. The van der Waals surface area contributed by atoms with Crippen LogP contribution in [0.15, 0.2) is 41.2 Å². The van der Waals surface area contributed by atoms with Crippen molar-refractivity contribution in [3.05, 3.63) is 48.0 Å². The van der Waals surface area contributed by atoms with Gasteiger partial charge in [0.2, 0.25) is 0 Å². The van der Waals surface area contributed by atoms with E-state index in [1.807, 2.05) is 18.3 Å². The fourth-order valence-corrected chi connectivity index (χ4v) is 2.20. The van der Waals surface area contributed by atoms with Crippen molar-refractivity contribution in [3.8, 4) is 5.75 Å². The third-order valence-electron chi connectivity index (χ3n) is 3.11. The molecule has 0 bridgehead atoms. The molecule has 2 aromatic heterocycles. The average Bonchev–Trinajstić information content (AvgIpc) is 2.99. The molecule has 0 fully saturated rings. The third kappa shape index (κ3) is 2.09. The summed E-state index contributed by atoms with van der Waals surface area (Å²) in [6, 6.07) is 7.28. The number of nitrogens with one attached hydrogen (secondary N) is 1. The van der Waals surface area contributed by atoms with E-state index in [1.165, 1.54) is 5.56 Å². The number of phenolic OH excluding ortho intramolecular Hbond substituents is 1. The van der Waals surface area contributed by atoms with Crippen LogP contribution in [0.2, 0.25) is 0 Å². The van der Waals surface area contributed by atoms with Gasteiger partial charge in [-0.2, -0.15) is 0 Å². The van der Waals surface area contributed by atoms with Crippen molar-refractivity contribution < 1.29 is 9.63 Å². The molecule has 4 heteroatoms. The van der Waals surface area contributed by atoms with E-state index >= 15 is 0 Å². The molecule has 3 aromatic rings. The monoisotopic (exact) mass is 242 g/mol. The lowest BCUT2D eigenvalue weighted by Crippen LogP contribution is -1.87. The fourth-order valence-electron chi connectivity index (χ4n) is 2.20. The Kier molecular flexibility index (Phi) is 2.76. The lowest BCUT2D eigenvalue weighted by Gasteiger charge is -1.99. The summed E-state index contributed by atoms with van der Waals surface area (Å²) in [5, 5.41) is 14.3. The topological polar surface area (TPSA) is 62.0 Å². The molecule has 0 aliphatic carbocycles. The number of benzene rings is 1. The quantitative estimate of drug-likeness (QED) is 0.739. The van der Waals surface area contributed by atoms with Crippen LogP contribution in [0.1, 0.15) is 17.7 Å². The van der Waals surface area contributed by atoms with Crippen LogP contribution in [-0.4, -0.2) is 15.2 Å². The summed E-state index contributed by atoms with van der Waals surface area (Å²) < 4.78 is 5.06. The highest BCUT2D eigenvalue weighted by Gasteiger charge is 2.05. The van der Waals surface area contributed by atoms with E-state index in [2.05, 4.69) is 10.1 Å². The van der Waals surface area contributed by atoms with Crippen LogP contribution in [-0.2, 0) is 12.8 Å². The normalized spacial score (nSPS) is 11.1. The predicted octanol–water partition coefficient (Wildman–Crippen LogP) is 3.04. The highest BCUT2D eigenvalue weighted by Crippen LogP contribution is 2.24. The van der Waals surface area contributed by atoms with Crippen molar-refractivity contribution in [2.45, 2.75) is 19.3 Å². The summed E-state index contributed by atoms with van der Waals surface area (Å²) in [4.78, 5) is 3.21. The van der Waals surface area contributed by atoms with Gasteiger partial charge in [0, 0.05) is 29.6 Å². The molecule has 0 radical (unpaired) electrons. The van der Waals surface area contributed by atoms with Gasteiger partial charge in [0.25, 0.3) is 0 Å². The number of fused-ring (bicyclic) bond motifs is 1. The maximum absolute atomic E-state index is 9.51. The summed E-state index contributed by atoms with van der Waals surface area (Å²) in [5.41, 5.74) is 2.28. The van der Waals surface area contributed by atoms with Crippen molar-refractivity contribution in [3.63, 3.8) is 0 Å². The zero-order valence-corrected chi connectivity index (χ0v) is 9.89. The van der Waals surface area contributed by atoms with Crippen LogP contribution in [0, 0.1) is 0 Å². The number of phenols is 1. The number of H-pyrrole nitrogens is 1. The Morgan fingerprint density at radius 3 is 3.00 bits per heavy atom. The molecular weight excluding hydrogens is 228 g/mol. The number of aromatic hydroxyl groups is 1.